The van der Waals surface area contributed by atoms with Gasteiger partial charge in [-0.25, -0.2) is 0 Å². The summed E-state index contributed by atoms with van der Waals surface area (Å²) in [4.78, 5) is 11.4. The third-order valence-corrected chi connectivity index (χ3v) is 3.83. The van der Waals surface area contributed by atoms with Crippen LogP contribution in [0.5, 0.6) is 5.75 Å². The summed E-state index contributed by atoms with van der Waals surface area (Å²) >= 11 is 8.95. The molecule has 1 aliphatic heterocycles. The number of nitrogens with one attached hydrogen (secondary N) is 1. The molecule has 1 amide bonds. The number of benzene rings is 1. The van der Waals surface area contributed by atoms with Crippen molar-refractivity contribution in [3.8, 4) is 5.75 Å². The number of hydrogen-bond acceptors (Lipinski definition) is 2. The molecule has 0 aromatic heterocycles. The summed E-state index contributed by atoms with van der Waals surface area (Å²) in [5.41, 5.74) is 1.98. The molecule has 0 spiro atoms. The van der Waals surface area contributed by atoms with E-state index >= 15 is 0 Å². The SMILES string of the molecule is O=C1Nc2cc(OCCCCCl)ccc2CC1Br. The largest absolute Gasteiger partial charge is 0.494 e. The zero-order valence-electron chi connectivity index (χ0n) is 9.92. The molecule has 0 saturated heterocycles. The van der Waals surface area contributed by atoms with E-state index in [0.29, 0.717) is 18.9 Å². The minimum absolute atomic E-state index is 0.00166. The second kappa shape index (κ2) is 6.43. The summed E-state index contributed by atoms with van der Waals surface area (Å²) in [6.07, 6.45) is 2.61. The topological polar surface area (TPSA) is 38.3 Å². The van der Waals surface area contributed by atoms with Crippen LogP contribution in [0.4, 0.5) is 5.69 Å². The first-order valence-electron chi connectivity index (χ1n) is 5.97. The average molecular weight is 333 g/mol. The maximum Gasteiger partial charge on any atom is 0.238 e. The van der Waals surface area contributed by atoms with Crippen LogP contribution in [0.3, 0.4) is 0 Å². The second-order valence-corrected chi connectivity index (χ2v) is 5.71. The molecule has 1 atom stereocenters. The number of rotatable bonds is 5. The van der Waals surface area contributed by atoms with Crippen LogP contribution in [0.25, 0.3) is 0 Å². The van der Waals surface area contributed by atoms with Gasteiger partial charge in [0.25, 0.3) is 0 Å². The van der Waals surface area contributed by atoms with Crippen LogP contribution in [0, 0.1) is 0 Å². The number of carbonyl (C=O) groups excluding carboxylic acids is 1. The van der Waals surface area contributed by atoms with Crippen molar-refractivity contribution in [2.45, 2.75) is 24.1 Å². The van der Waals surface area contributed by atoms with Gasteiger partial charge in [0.05, 0.1) is 11.4 Å². The summed E-state index contributed by atoms with van der Waals surface area (Å²) in [7, 11) is 0. The fourth-order valence-corrected chi connectivity index (χ4v) is 2.48. The Morgan fingerprint density at radius 2 is 2.28 bits per heavy atom. The van der Waals surface area contributed by atoms with Gasteiger partial charge in [-0.2, -0.15) is 0 Å². The fraction of sp³-hybridized carbons (Fsp3) is 0.462. The van der Waals surface area contributed by atoms with Crippen molar-refractivity contribution < 1.29 is 9.53 Å². The monoisotopic (exact) mass is 331 g/mol. The Bertz CT molecular complexity index is 439. The standard InChI is InChI=1S/C13H15BrClNO2/c14-11-7-9-3-4-10(18-6-2-1-5-15)8-12(9)16-13(11)17/h3-4,8,11H,1-2,5-7H2,(H,16,17). The summed E-state index contributed by atoms with van der Waals surface area (Å²) in [5.74, 6) is 1.45. The lowest BCUT2D eigenvalue weighted by molar-refractivity contribution is -0.115. The van der Waals surface area contributed by atoms with E-state index in [2.05, 4.69) is 21.2 Å². The molecule has 1 aromatic rings. The zero-order valence-corrected chi connectivity index (χ0v) is 12.3. The van der Waals surface area contributed by atoms with Crippen LogP contribution in [-0.2, 0) is 11.2 Å². The molecule has 2 rings (SSSR count). The van der Waals surface area contributed by atoms with Crippen LogP contribution in [0.1, 0.15) is 18.4 Å². The quantitative estimate of drug-likeness (QED) is 0.663. The number of amides is 1. The van der Waals surface area contributed by atoms with E-state index in [1.165, 1.54) is 0 Å². The van der Waals surface area contributed by atoms with Gasteiger partial charge in [0.2, 0.25) is 5.91 Å². The van der Waals surface area contributed by atoms with Gasteiger partial charge < -0.3 is 10.1 Å². The van der Waals surface area contributed by atoms with E-state index in [1.807, 2.05) is 18.2 Å². The van der Waals surface area contributed by atoms with Crippen molar-refractivity contribution in [2.75, 3.05) is 17.8 Å². The summed E-state index contributed by atoms with van der Waals surface area (Å²) in [6, 6.07) is 5.82. The Kier molecular flexibility index (Phi) is 4.89. The van der Waals surface area contributed by atoms with Gasteiger partial charge in [0.1, 0.15) is 5.75 Å². The van der Waals surface area contributed by atoms with E-state index in [1.54, 1.807) is 0 Å². The molecule has 18 heavy (non-hydrogen) atoms. The van der Waals surface area contributed by atoms with Crippen molar-refractivity contribution in [2.24, 2.45) is 0 Å². The molecule has 98 valence electrons. The van der Waals surface area contributed by atoms with E-state index in [4.69, 9.17) is 16.3 Å². The summed E-state index contributed by atoms with van der Waals surface area (Å²) in [5, 5.41) is 2.86. The normalized spacial score (nSPS) is 18.1. The predicted molar refractivity (Wildman–Crippen MR) is 76.9 cm³/mol. The highest BCUT2D eigenvalue weighted by molar-refractivity contribution is 9.10. The molecule has 0 radical (unpaired) electrons. The number of hydrogen-bond donors (Lipinski definition) is 1. The van der Waals surface area contributed by atoms with E-state index in [0.717, 1.165) is 29.8 Å². The third kappa shape index (κ3) is 3.39. The van der Waals surface area contributed by atoms with Crippen molar-refractivity contribution in [1.82, 2.24) is 0 Å². The number of anilines is 1. The van der Waals surface area contributed by atoms with Gasteiger partial charge in [-0.3, -0.25) is 4.79 Å². The van der Waals surface area contributed by atoms with Crippen LogP contribution < -0.4 is 10.1 Å². The van der Waals surface area contributed by atoms with E-state index in [-0.39, 0.29) is 10.7 Å². The van der Waals surface area contributed by atoms with Gasteiger partial charge in [-0.1, -0.05) is 22.0 Å². The smallest absolute Gasteiger partial charge is 0.238 e. The molecule has 1 heterocycles. The highest BCUT2D eigenvalue weighted by Crippen LogP contribution is 2.29. The van der Waals surface area contributed by atoms with Crippen molar-refractivity contribution in [3.63, 3.8) is 0 Å². The van der Waals surface area contributed by atoms with E-state index in [9.17, 15) is 4.79 Å². The van der Waals surface area contributed by atoms with Crippen molar-refractivity contribution in [1.29, 1.82) is 0 Å². The van der Waals surface area contributed by atoms with Crippen LogP contribution in [0.15, 0.2) is 18.2 Å². The Hall–Kier alpha value is -0.740. The number of fused-ring (bicyclic) bond motifs is 1. The Morgan fingerprint density at radius 3 is 3.06 bits per heavy atom. The molecule has 0 bridgehead atoms. The van der Waals surface area contributed by atoms with Crippen molar-refractivity contribution >= 4 is 39.1 Å². The first-order chi connectivity index (χ1) is 8.70. The van der Waals surface area contributed by atoms with Gasteiger partial charge in [-0.05, 0) is 30.9 Å². The van der Waals surface area contributed by atoms with Crippen LogP contribution in [-0.4, -0.2) is 23.2 Å². The number of carbonyl (C=O) groups is 1. The first-order valence-corrected chi connectivity index (χ1v) is 7.42. The maximum atomic E-state index is 11.6. The predicted octanol–water partition coefficient (Wildman–Crippen LogP) is 3.34. The van der Waals surface area contributed by atoms with Crippen LogP contribution in [0.2, 0.25) is 0 Å². The molecule has 1 aliphatic rings. The molecule has 1 unspecified atom stereocenters. The molecule has 5 heteroatoms. The van der Waals surface area contributed by atoms with Crippen LogP contribution >= 0.6 is 27.5 Å². The second-order valence-electron chi connectivity index (χ2n) is 4.22. The fourth-order valence-electron chi connectivity index (χ4n) is 1.82. The van der Waals surface area contributed by atoms with Gasteiger partial charge >= 0.3 is 0 Å². The Morgan fingerprint density at radius 1 is 1.44 bits per heavy atom. The maximum absolute atomic E-state index is 11.6. The zero-order chi connectivity index (χ0) is 13.0. The molecule has 0 fully saturated rings. The minimum atomic E-state index is -0.138. The number of ether oxygens (including phenoxy) is 1. The molecule has 1 N–H and O–H groups in total. The molecule has 1 aromatic carbocycles. The first kappa shape index (κ1) is 13.7. The lowest BCUT2D eigenvalue weighted by atomic mass is 10.0. The molecule has 3 nitrogen and oxygen atoms in total. The van der Waals surface area contributed by atoms with Crippen molar-refractivity contribution in [3.05, 3.63) is 23.8 Å². The molecule has 0 saturated carbocycles. The molecule has 0 aliphatic carbocycles. The lowest BCUT2D eigenvalue weighted by Crippen LogP contribution is -2.29. The Balaban J connectivity index is 1.99. The Labute approximate surface area is 120 Å². The highest BCUT2D eigenvalue weighted by atomic mass is 79.9. The number of unbranched alkanes of at least 4 members (excludes halogenated alkanes) is 1. The summed E-state index contributed by atoms with van der Waals surface area (Å²) < 4.78 is 5.61. The van der Waals surface area contributed by atoms with E-state index < -0.39 is 0 Å². The minimum Gasteiger partial charge on any atom is -0.494 e. The molecular weight excluding hydrogens is 318 g/mol. The van der Waals surface area contributed by atoms with Gasteiger partial charge in [-0.15, -0.1) is 11.6 Å². The third-order valence-electron chi connectivity index (χ3n) is 2.82. The number of halogens is 2. The average Bonchev–Trinajstić information content (AvgIpc) is 2.36. The molecular formula is C13H15BrClNO2. The highest BCUT2D eigenvalue weighted by Gasteiger charge is 2.23. The van der Waals surface area contributed by atoms with Gasteiger partial charge in [0, 0.05) is 17.6 Å². The lowest BCUT2D eigenvalue weighted by Gasteiger charge is -2.21. The van der Waals surface area contributed by atoms with Gasteiger partial charge in [0.15, 0.2) is 0 Å². The number of alkyl halides is 2. The summed E-state index contributed by atoms with van der Waals surface area (Å²) in [6.45, 7) is 0.653.